The first-order valence-electron chi connectivity index (χ1n) is 5.47. The highest BCUT2D eigenvalue weighted by Gasteiger charge is 2.14. The first-order chi connectivity index (χ1) is 6.74. The number of nitrogens with one attached hydrogen (secondary N) is 1. The molecule has 1 aliphatic rings. The zero-order chi connectivity index (χ0) is 11.4. The predicted octanol–water partition coefficient (Wildman–Crippen LogP) is 1.39. The molecule has 3 heteroatoms. The quantitative estimate of drug-likeness (QED) is 0.652. The lowest BCUT2D eigenvalue weighted by molar-refractivity contribution is -0.112. The van der Waals surface area contributed by atoms with Crippen LogP contribution in [0.2, 0.25) is 0 Å². The van der Waals surface area contributed by atoms with E-state index in [1.54, 1.807) is 0 Å². The van der Waals surface area contributed by atoms with Crippen LogP contribution in [0.4, 0.5) is 0 Å². The molecule has 1 saturated heterocycles. The Bertz CT molecular complexity index is 110. The summed E-state index contributed by atoms with van der Waals surface area (Å²) in [5, 5.41) is 2.75. The Morgan fingerprint density at radius 1 is 1.21 bits per heavy atom. The standard InChI is InChI=1S/C7H13NO.C2H7N.C2H6/c1-8-4-2-7(6-9)3-5-8;1-3-2;1-2/h6-7H,2-5H2,1H3;3H,1-2H3;1-2H3. The van der Waals surface area contributed by atoms with E-state index in [1.165, 1.54) is 0 Å². The smallest absolute Gasteiger partial charge is 0.123 e. The summed E-state index contributed by atoms with van der Waals surface area (Å²) in [4.78, 5) is 12.5. The molecule has 1 fully saturated rings. The van der Waals surface area contributed by atoms with E-state index in [4.69, 9.17) is 0 Å². The Labute approximate surface area is 88.9 Å². The van der Waals surface area contributed by atoms with Crippen LogP contribution in [0.25, 0.3) is 0 Å². The van der Waals surface area contributed by atoms with Gasteiger partial charge in [0.1, 0.15) is 6.29 Å². The van der Waals surface area contributed by atoms with Crippen LogP contribution in [0, 0.1) is 5.92 Å². The third kappa shape index (κ3) is 9.68. The minimum Gasteiger partial charge on any atom is -0.323 e. The molecule has 1 aliphatic heterocycles. The van der Waals surface area contributed by atoms with Gasteiger partial charge in [0.25, 0.3) is 0 Å². The fourth-order valence-corrected chi connectivity index (χ4v) is 1.16. The first-order valence-corrected chi connectivity index (χ1v) is 5.47. The maximum atomic E-state index is 10.2. The van der Waals surface area contributed by atoms with Gasteiger partial charge in [0.05, 0.1) is 0 Å². The predicted molar refractivity (Wildman–Crippen MR) is 62.6 cm³/mol. The Kier molecular flexibility index (Phi) is 14.4. The van der Waals surface area contributed by atoms with Crippen LogP contribution in [0.5, 0.6) is 0 Å². The van der Waals surface area contributed by atoms with Gasteiger partial charge in [-0.1, -0.05) is 13.8 Å². The Balaban J connectivity index is 0. The van der Waals surface area contributed by atoms with Crippen LogP contribution in [0.3, 0.4) is 0 Å². The number of rotatable bonds is 1. The first kappa shape index (κ1) is 16.0. The van der Waals surface area contributed by atoms with Crippen molar-refractivity contribution in [2.24, 2.45) is 5.92 Å². The molecule has 0 spiro atoms. The molecule has 0 aromatic heterocycles. The number of hydrogen-bond acceptors (Lipinski definition) is 3. The summed E-state index contributed by atoms with van der Waals surface area (Å²) in [6.45, 7) is 6.17. The van der Waals surface area contributed by atoms with Crippen molar-refractivity contribution in [3.05, 3.63) is 0 Å². The van der Waals surface area contributed by atoms with Crippen LogP contribution in [0.15, 0.2) is 0 Å². The number of aldehydes is 1. The molecule has 0 atom stereocenters. The average molecular weight is 202 g/mol. The van der Waals surface area contributed by atoms with Gasteiger partial charge in [0.2, 0.25) is 0 Å². The van der Waals surface area contributed by atoms with Gasteiger partial charge >= 0.3 is 0 Å². The van der Waals surface area contributed by atoms with Crippen molar-refractivity contribution in [2.75, 3.05) is 34.2 Å². The summed E-state index contributed by atoms with van der Waals surface area (Å²) >= 11 is 0. The van der Waals surface area contributed by atoms with Crippen molar-refractivity contribution >= 4 is 6.29 Å². The zero-order valence-corrected chi connectivity index (χ0v) is 10.3. The number of carbonyl (C=O) groups is 1. The zero-order valence-electron chi connectivity index (χ0n) is 10.3. The number of carbonyl (C=O) groups excluding carboxylic acids is 1. The Morgan fingerprint density at radius 3 is 1.86 bits per heavy atom. The summed E-state index contributed by atoms with van der Waals surface area (Å²) in [6.07, 6.45) is 3.20. The van der Waals surface area contributed by atoms with Gasteiger partial charge in [-0.25, -0.2) is 0 Å². The molecule has 86 valence electrons. The molecule has 0 radical (unpaired) electrons. The Hall–Kier alpha value is -0.410. The van der Waals surface area contributed by atoms with Gasteiger partial charge in [-0.2, -0.15) is 0 Å². The number of hydrogen-bond donors (Lipinski definition) is 1. The SMILES string of the molecule is CC.CN1CCC(C=O)CC1.CNC. The summed E-state index contributed by atoms with van der Waals surface area (Å²) in [6, 6.07) is 0. The molecule has 0 amide bonds. The molecule has 3 nitrogen and oxygen atoms in total. The number of piperidine rings is 1. The summed E-state index contributed by atoms with van der Waals surface area (Å²) in [5.74, 6) is 0.348. The normalized spacial score (nSPS) is 17.2. The van der Waals surface area contributed by atoms with E-state index in [0.717, 1.165) is 32.2 Å². The van der Waals surface area contributed by atoms with Crippen LogP contribution in [0.1, 0.15) is 26.7 Å². The average Bonchev–Trinajstić information content (AvgIpc) is 2.23. The number of likely N-dealkylation sites (tertiary alicyclic amines) is 1. The Morgan fingerprint density at radius 2 is 1.57 bits per heavy atom. The summed E-state index contributed by atoms with van der Waals surface area (Å²) in [7, 11) is 5.85. The maximum Gasteiger partial charge on any atom is 0.123 e. The molecule has 0 bridgehead atoms. The number of nitrogens with zero attached hydrogens (tertiary/aromatic N) is 1. The van der Waals surface area contributed by atoms with Gasteiger partial charge in [-0.3, -0.25) is 0 Å². The molecule has 1 heterocycles. The van der Waals surface area contributed by atoms with E-state index in [2.05, 4.69) is 17.3 Å². The van der Waals surface area contributed by atoms with Gasteiger partial charge in [-0.05, 0) is 47.1 Å². The van der Waals surface area contributed by atoms with Crippen LogP contribution in [-0.4, -0.2) is 45.4 Å². The monoisotopic (exact) mass is 202 g/mol. The van der Waals surface area contributed by atoms with E-state index in [1.807, 2.05) is 27.9 Å². The molecular weight excluding hydrogens is 176 g/mol. The van der Waals surface area contributed by atoms with Crippen LogP contribution < -0.4 is 5.32 Å². The van der Waals surface area contributed by atoms with Crippen LogP contribution >= 0.6 is 0 Å². The van der Waals surface area contributed by atoms with Crippen molar-refractivity contribution in [3.63, 3.8) is 0 Å². The van der Waals surface area contributed by atoms with E-state index >= 15 is 0 Å². The molecule has 1 rings (SSSR count). The maximum absolute atomic E-state index is 10.2. The van der Waals surface area contributed by atoms with E-state index < -0.39 is 0 Å². The van der Waals surface area contributed by atoms with Gasteiger partial charge in [-0.15, -0.1) is 0 Å². The lowest BCUT2D eigenvalue weighted by Gasteiger charge is -2.25. The van der Waals surface area contributed by atoms with Crippen molar-refractivity contribution in [1.29, 1.82) is 0 Å². The lowest BCUT2D eigenvalue weighted by atomic mass is 9.99. The fraction of sp³-hybridized carbons (Fsp3) is 0.909. The van der Waals surface area contributed by atoms with E-state index in [0.29, 0.717) is 5.92 Å². The van der Waals surface area contributed by atoms with Gasteiger partial charge < -0.3 is 15.0 Å². The lowest BCUT2D eigenvalue weighted by Crippen LogP contribution is -2.30. The summed E-state index contributed by atoms with van der Waals surface area (Å²) in [5.41, 5.74) is 0. The third-order valence-electron chi connectivity index (χ3n) is 1.96. The highest BCUT2D eigenvalue weighted by Crippen LogP contribution is 2.12. The minimum absolute atomic E-state index is 0.348. The molecule has 0 aromatic rings. The molecule has 0 saturated carbocycles. The molecule has 0 aromatic carbocycles. The van der Waals surface area contributed by atoms with Crippen LogP contribution in [-0.2, 0) is 4.79 Å². The molecule has 0 unspecified atom stereocenters. The second-order valence-electron chi connectivity index (χ2n) is 3.28. The topological polar surface area (TPSA) is 32.3 Å². The van der Waals surface area contributed by atoms with E-state index in [-0.39, 0.29) is 0 Å². The minimum atomic E-state index is 0.348. The third-order valence-corrected chi connectivity index (χ3v) is 1.96. The van der Waals surface area contributed by atoms with Gasteiger partial charge in [0, 0.05) is 5.92 Å². The van der Waals surface area contributed by atoms with Gasteiger partial charge in [0.15, 0.2) is 0 Å². The van der Waals surface area contributed by atoms with Crippen molar-refractivity contribution in [3.8, 4) is 0 Å². The molecule has 1 N–H and O–H groups in total. The highest BCUT2D eigenvalue weighted by molar-refractivity contribution is 5.53. The van der Waals surface area contributed by atoms with Crippen molar-refractivity contribution < 1.29 is 4.79 Å². The van der Waals surface area contributed by atoms with Crippen molar-refractivity contribution in [1.82, 2.24) is 10.2 Å². The molecule has 14 heavy (non-hydrogen) atoms. The van der Waals surface area contributed by atoms with E-state index in [9.17, 15) is 4.79 Å². The summed E-state index contributed by atoms with van der Waals surface area (Å²) < 4.78 is 0. The fourth-order valence-electron chi connectivity index (χ4n) is 1.16. The second kappa shape index (κ2) is 12.6. The highest BCUT2D eigenvalue weighted by atomic mass is 16.1. The largest absolute Gasteiger partial charge is 0.323 e. The van der Waals surface area contributed by atoms with Crippen molar-refractivity contribution in [2.45, 2.75) is 26.7 Å². The second-order valence-corrected chi connectivity index (χ2v) is 3.28. The molecular formula is C11H26N2O. The molecule has 0 aliphatic carbocycles.